The molecule has 0 spiro atoms. The van der Waals surface area contributed by atoms with Gasteiger partial charge in [-0.15, -0.1) is 11.3 Å². The zero-order valence-electron chi connectivity index (χ0n) is 21.7. The van der Waals surface area contributed by atoms with E-state index in [4.69, 9.17) is 16.6 Å². The average molecular weight is 564 g/mol. The van der Waals surface area contributed by atoms with Crippen LogP contribution < -0.4 is 16.0 Å². The summed E-state index contributed by atoms with van der Waals surface area (Å²) < 4.78 is 0. The predicted molar refractivity (Wildman–Crippen MR) is 144 cm³/mol. The highest BCUT2D eigenvalue weighted by Gasteiger charge is 2.59. The Morgan fingerprint density at radius 1 is 1.24 bits per heavy atom. The maximum atomic E-state index is 13.0. The molecule has 0 radical (unpaired) electrons. The molecule has 0 aliphatic heterocycles. The molecule has 0 aromatic carbocycles. The summed E-state index contributed by atoms with van der Waals surface area (Å²) in [7, 11) is 0. The van der Waals surface area contributed by atoms with E-state index in [9.17, 15) is 24.6 Å². The molecule has 10 nitrogen and oxygen atoms in total. The topological polar surface area (TPSA) is 154 Å². The second kappa shape index (κ2) is 11.3. The highest BCUT2D eigenvalue weighted by molar-refractivity contribution is 7.15. The fraction of sp³-hybridized carbons (Fsp3) is 0.577. The highest BCUT2D eigenvalue weighted by atomic mass is 35.5. The van der Waals surface area contributed by atoms with Crippen LogP contribution in [-0.4, -0.2) is 63.7 Å². The molecule has 38 heavy (non-hydrogen) atoms. The Hall–Kier alpha value is -2.60. The highest BCUT2D eigenvalue weighted by Crippen LogP contribution is 2.62. The third-order valence-electron chi connectivity index (χ3n) is 8.31. The van der Waals surface area contributed by atoms with E-state index in [2.05, 4.69) is 27.9 Å². The normalized spacial score (nSPS) is 28.1. The van der Waals surface area contributed by atoms with Crippen molar-refractivity contribution >= 4 is 45.8 Å². The number of fused-ring (bicyclic) bond motifs is 2. The molecular weight excluding hydrogens is 530 g/mol. The summed E-state index contributed by atoms with van der Waals surface area (Å²) in [5.74, 6) is -1.09. The third kappa shape index (κ3) is 5.56. The standard InChI is InChI=1S/C26H34ClN5O5S/c1-14(34)28-8-9-30-21(36)11-16-22-17(12-18-25(16,2)6-4-19(35)26(18,3)13-33)38-24(31-22)32-23(37)15-5-7-29-20(27)10-15/h5,7,10,16,18-19,33,35H,4,6,8-9,11-13H2,1-3H3,(H,28,34)(H,30,36)(H,31,32,37). The van der Waals surface area contributed by atoms with Crippen molar-refractivity contribution in [2.75, 3.05) is 25.0 Å². The van der Waals surface area contributed by atoms with E-state index in [1.165, 1.54) is 30.5 Å². The summed E-state index contributed by atoms with van der Waals surface area (Å²) >= 11 is 7.29. The van der Waals surface area contributed by atoms with Gasteiger partial charge in [-0.3, -0.25) is 19.7 Å². The van der Waals surface area contributed by atoms with E-state index in [1.54, 1.807) is 6.07 Å². The molecule has 1 fully saturated rings. The van der Waals surface area contributed by atoms with Gasteiger partial charge in [0.25, 0.3) is 5.91 Å². The Kier molecular flexibility index (Phi) is 8.41. The second-order valence-electron chi connectivity index (χ2n) is 10.7. The number of carbonyl (C=O) groups excluding carboxylic acids is 3. The summed E-state index contributed by atoms with van der Waals surface area (Å²) in [6.07, 6.45) is 2.72. The van der Waals surface area contributed by atoms with Crippen LogP contribution in [0.3, 0.4) is 0 Å². The first-order valence-corrected chi connectivity index (χ1v) is 13.9. The molecule has 2 heterocycles. The number of anilines is 1. The Balaban J connectivity index is 1.63. The largest absolute Gasteiger partial charge is 0.396 e. The summed E-state index contributed by atoms with van der Waals surface area (Å²) in [5.41, 5.74) is -0.0334. The molecule has 2 aliphatic carbocycles. The number of aromatic nitrogens is 2. The summed E-state index contributed by atoms with van der Waals surface area (Å²) in [4.78, 5) is 46.7. The van der Waals surface area contributed by atoms with Gasteiger partial charge in [0.15, 0.2) is 5.13 Å². The van der Waals surface area contributed by atoms with Crippen LogP contribution in [0.25, 0.3) is 0 Å². The number of hydrogen-bond donors (Lipinski definition) is 5. The van der Waals surface area contributed by atoms with E-state index in [-0.39, 0.29) is 47.7 Å². The van der Waals surface area contributed by atoms with Crippen molar-refractivity contribution in [1.82, 2.24) is 20.6 Å². The summed E-state index contributed by atoms with van der Waals surface area (Å²) in [6, 6.07) is 3.04. The van der Waals surface area contributed by atoms with Gasteiger partial charge in [-0.25, -0.2) is 9.97 Å². The minimum absolute atomic E-state index is 0.101. The van der Waals surface area contributed by atoms with Crippen LogP contribution in [0.2, 0.25) is 5.15 Å². The van der Waals surface area contributed by atoms with Crippen molar-refractivity contribution in [3.63, 3.8) is 0 Å². The number of aliphatic hydroxyl groups excluding tert-OH is 2. The van der Waals surface area contributed by atoms with Crippen molar-refractivity contribution in [3.05, 3.63) is 39.6 Å². The number of nitrogens with zero attached hydrogens (tertiary/aromatic N) is 2. The lowest BCUT2D eigenvalue weighted by molar-refractivity contribution is -0.144. The number of amides is 3. The van der Waals surface area contributed by atoms with Gasteiger partial charge in [0.2, 0.25) is 11.8 Å². The Morgan fingerprint density at radius 3 is 2.66 bits per heavy atom. The van der Waals surface area contributed by atoms with Gasteiger partial charge in [0.05, 0.1) is 18.4 Å². The lowest BCUT2D eigenvalue weighted by Crippen LogP contribution is -2.57. The number of halogens is 1. The van der Waals surface area contributed by atoms with E-state index >= 15 is 0 Å². The van der Waals surface area contributed by atoms with Gasteiger partial charge in [-0.2, -0.15) is 0 Å². The van der Waals surface area contributed by atoms with Gasteiger partial charge in [-0.1, -0.05) is 25.4 Å². The second-order valence-corrected chi connectivity index (χ2v) is 12.2. The maximum Gasteiger partial charge on any atom is 0.257 e. The van der Waals surface area contributed by atoms with Gasteiger partial charge < -0.3 is 20.8 Å². The predicted octanol–water partition coefficient (Wildman–Crippen LogP) is 2.50. The number of aliphatic hydroxyl groups is 2. The quantitative estimate of drug-likeness (QED) is 0.244. The number of carbonyl (C=O) groups is 3. The van der Waals surface area contributed by atoms with Crippen LogP contribution in [0, 0.1) is 16.7 Å². The molecule has 5 N–H and O–H groups in total. The van der Waals surface area contributed by atoms with Crippen molar-refractivity contribution in [2.24, 2.45) is 16.7 Å². The first kappa shape index (κ1) is 28.4. The SMILES string of the molecule is CC(=O)NCCNC(=O)CC1c2nc(NC(=O)c3ccnc(Cl)c3)sc2CC2C(C)(CO)C(O)CCC12C. The van der Waals surface area contributed by atoms with E-state index in [1.807, 2.05) is 6.92 Å². The van der Waals surface area contributed by atoms with Crippen molar-refractivity contribution in [3.8, 4) is 0 Å². The zero-order chi connectivity index (χ0) is 27.7. The van der Waals surface area contributed by atoms with Gasteiger partial charge >= 0.3 is 0 Å². The van der Waals surface area contributed by atoms with Crippen LogP contribution >= 0.6 is 22.9 Å². The first-order valence-electron chi connectivity index (χ1n) is 12.7. The molecule has 4 rings (SSSR count). The number of nitrogens with one attached hydrogen (secondary N) is 3. The molecular formula is C26H34ClN5O5S. The van der Waals surface area contributed by atoms with Gasteiger partial charge in [0.1, 0.15) is 5.15 Å². The van der Waals surface area contributed by atoms with E-state index in [0.717, 1.165) is 10.6 Å². The molecule has 0 saturated heterocycles. The smallest absolute Gasteiger partial charge is 0.257 e. The monoisotopic (exact) mass is 563 g/mol. The zero-order valence-corrected chi connectivity index (χ0v) is 23.3. The molecule has 2 aromatic rings. The fourth-order valence-electron chi connectivity index (χ4n) is 6.11. The van der Waals surface area contributed by atoms with Gasteiger partial charge in [-0.05, 0) is 42.7 Å². The molecule has 206 valence electrons. The van der Waals surface area contributed by atoms with E-state index in [0.29, 0.717) is 43.0 Å². The van der Waals surface area contributed by atoms with Crippen LogP contribution in [0.5, 0.6) is 0 Å². The number of hydrogen-bond acceptors (Lipinski definition) is 8. The van der Waals surface area contributed by atoms with Crippen LogP contribution in [0.1, 0.15) is 66.9 Å². The number of thiazole rings is 1. The van der Waals surface area contributed by atoms with Crippen molar-refractivity contribution in [2.45, 2.75) is 58.5 Å². The lowest BCUT2D eigenvalue weighted by atomic mass is 9.47. The molecule has 3 amide bonds. The minimum Gasteiger partial charge on any atom is -0.396 e. The fourth-order valence-corrected chi connectivity index (χ4v) is 7.35. The molecule has 0 bridgehead atoms. The van der Waals surface area contributed by atoms with Gasteiger partial charge in [0, 0.05) is 54.4 Å². The maximum absolute atomic E-state index is 13.0. The first-order chi connectivity index (χ1) is 18.0. The molecule has 5 atom stereocenters. The third-order valence-corrected chi connectivity index (χ3v) is 9.53. The Labute approximate surface area is 230 Å². The number of rotatable bonds is 8. The lowest BCUT2D eigenvalue weighted by Gasteiger charge is -2.58. The molecule has 5 unspecified atom stereocenters. The number of pyridine rings is 1. The Morgan fingerprint density at radius 2 is 1.97 bits per heavy atom. The van der Waals surface area contributed by atoms with Crippen molar-refractivity contribution in [1.29, 1.82) is 0 Å². The van der Waals surface area contributed by atoms with Crippen molar-refractivity contribution < 1.29 is 24.6 Å². The van der Waals surface area contributed by atoms with Crippen LogP contribution in [0.15, 0.2) is 18.3 Å². The van der Waals surface area contributed by atoms with Crippen LogP contribution in [0.4, 0.5) is 5.13 Å². The molecule has 12 heteroatoms. The Bertz CT molecular complexity index is 1220. The molecule has 2 aliphatic rings. The minimum atomic E-state index is -0.744. The summed E-state index contributed by atoms with van der Waals surface area (Å²) in [5, 5.41) is 30.3. The molecule has 1 saturated carbocycles. The average Bonchev–Trinajstić information content (AvgIpc) is 3.27. The van der Waals surface area contributed by atoms with E-state index < -0.39 is 16.9 Å². The summed E-state index contributed by atoms with van der Waals surface area (Å²) in [6.45, 7) is 5.91. The van der Waals surface area contributed by atoms with Crippen LogP contribution in [-0.2, 0) is 16.0 Å². The molecule has 2 aromatic heterocycles.